The van der Waals surface area contributed by atoms with Gasteiger partial charge in [-0.3, -0.25) is 4.79 Å². The molecule has 1 N–H and O–H groups in total. The van der Waals surface area contributed by atoms with E-state index < -0.39 is 5.97 Å². The number of fused-ring (bicyclic) bond motifs is 1. The molecule has 22 heavy (non-hydrogen) atoms. The van der Waals surface area contributed by atoms with Crippen molar-refractivity contribution in [2.24, 2.45) is 28.6 Å². The summed E-state index contributed by atoms with van der Waals surface area (Å²) in [6, 6.07) is 0. The maximum atomic E-state index is 10.9. The van der Waals surface area contributed by atoms with E-state index in [0.29, 0.717) is 23.2 Å². The van der Waals surface area contributed by atoms with Crippen LogP contribution in [0.4, 0.5) is 0 Å². The Balaban J connectivity index is 2.10. The van der Waals surface area contributed by atoms with Crippen LogP contribution in [-0.2, 0) is 4.79 Å². The van der Waals surface area contributed by atoms with Crippen LogP contribution >= 0.6 is 0 Å². The zero-order chi connectivity index (χ0) is 16.5. The van der Waals surface area contributed by atoms with Crippen molar-refractivity contribution in [3.63, 3.8) is 0 Å². The van der Waals surface area contributed by atoms with Gasteiger partial charge in [-0.2, -0.15) is 0 Å². The first kappa shape index (κ1) is 17.6. The number of allylic oxidation sites excluding steroid dienone is 1. The van der Waals surface area contributed by atoms with Crippen molar-refractivity contribution in [1.29, 1.82) is 0 Å². The highest BCUT2D eigenvalue weighted by Gasteiger charge is 2.52. The largest absolute Gasteiger partial charge is 0.481 e. The predicted octanol–water partition coefficient (Wildman–Crippen LogP) is 5.68. The molecule has 2 saturated carbocycles. The molecule has 0 aliphatic heterocycles. The van der Waals surface area contributed by atoms with E-state index in [1.165, 1.54) is 37.7 Å². The lowest BCUT2D eigenvalue weighted by molar-refractivity contribution is -0.138. The van der Waals surface area contributed by atoms with E-state index in [1.54, 1.807) is 0 Å². The lowest BCUT2D eigenvalue weighted by Crippen LogP contribution is -2.49. The Kier molecular flexibility index (Phi) is 5.09. The van der Waals surface area contributed by atoms with Crippen molar-refractivity contribution in [3.05, 3.63) is 12.2 Å². The summed E-state index contributed by atoms with van der Waals surface area (Å²) in [7, 11) is 0. The van der Waals surface area contributed by atoms with E-state index in [2.05, 4.69) is 34.3 Å². The third kappa shape index (κ3) is 3.41. The molecule has 2 aliphatic carbocycles. The lowest BCUT2D eigenvalue weighted by Gasteiger charge is -2.58. The van der Waals surface area contributed by atoms with Gasteiger partial charge in [0.15, 0.2) is 0 Å². The number of hydrogen-bond acceptors (Lipinski definition) is 1. The number of aliphatic carboxylic acids is 1. The van der Waals surface area contributed by atoms with Crippen LogP contribution in [0.3, 0.4) is 0 Å². The molecule has 2 nitrogen and oxygen atoms in total. The number of hydrogen-bond donors (Lipinski definition) is 1. The molecule has 0 saturated heterocycles. The summed E-state index contributed by atoms with van der Waals surface area (Å²) in [6.45, 7) is 13.9. The molecule has 0 amide bonds. The van der Waals surface area contributed by atoms with E-state index in [4.69, 9.17) is 5.11 Å². The van der Waals surface area contributed by atoms with Gasteiger partial charge in [-0.05, 0) is 67.1 Å². The first-order valence-corrected chi connectivity index (χ1v) is 9.06. The molecule has 0 aromatic heterocycles. The van der Waals surface area contributed by atoms with Crippen LogP contribution in [0.1, 0.15) is 79.1 Å². The third-order valence-electron chi connectivity index (χ3n) is 6.79. The Morgan fingerprint density at radius 3 is 2.68 bits per heavy atom. The maximum absolute atomic E-state index is 10.9. The van der Waals surface area contributed by atoms with Crippen molar-refractivity contribution in [2.45, 2.75) is 79.1 Å². The summed E-state index contributed by atoms with van der Waals surface area (Å²) in [5.74, 6) is 0.977. The standard InChI is InChI=1S/C20H34O2/c1-14(13-18(21)22)7-9-16-15(2)8-10-17-19(3,4)11-6-12-20(16,17)5/h14,16-17H,2,6-13H2,1,3-5H3,(H,21,22)/t14?,16-,17-,20+/m0/s1. The minimum Gasteiger partial charge on any atom is -0.481 e. The quantitative estimate of drug-likeness (QED) is 0.664. The van der Waals surface area contributed by atoms with Crippen LogP contribution in [0, 0.1) is 28.6 Å². The average Bonchev–Trinajstić information content (AvgIpc) is 2.35. The van der Waals surface area contributed by atoms with Crippen LogP contribution in [0.2, 0.25) is 0 Å². The minimum absolute atomic E-state index is 0.269. The van der Waals surface area contributed by atoms with Crippen LogP contribution in [0.15, 0.2) is 12.2 Å². The fraction of sp³-hybridized carbons (Fsp3) is 0.850. The second-order valence-corrected chi connectivity index (χ2v) is 8.93. The van der Waals surface area contributed by atoms with E-state index in [-0.39, 0.29) is 5.92 Å². The van der Waals surface area contributed by atoms with Gasteiger partial charge < -0.3 is 5.11 Å². The normalized spacial score (nSPS) is 35.7. The van der Waals surface area contributed by atoms with Crippen molar-refractivity contribution in [2.75, 3.05) is 0 Å². The van der Waals surface area contributed by atoms with E-state index >= 15 is 0 Å². The van der Waals surface area contributed by atoms with Crippen molar-refractivity contribution in [3.8, 4) is 0 Å². The lowest BCUT2D eigenvalue weighted by atomic mass is 9.47. The number of carboxylic acids is 1. The Morgan fingerprint density at radius 1 is 1.36 bits per heavy atom. The SMILES string of the molecule is C=C1CC[C@H]2C(C)(C)CCC[C@]2(C)[C@H]1CCC(C)CC(=O)O. The van der Waals surface area contributed by atoms with Crippen LogP contribution < -0.4 is 0 Å². The number of carboxylic acid groups (broad SMARTS) is 1. The highest BCUT2D eigenvalue weighted by molar-refractivity contribution is 5.66. The highest BCUT2D eigenvalue weighted by Crippen LogP contribution is 2.61. The van der Waals surface area contributed by atoms with Crippen LogP contribution in [-0.4, -0.2) is 11.1 Å². The van der Waals surface area contributed by atoms with Gasteiger partial charge in [0.2, 0.25) is 0 Å². The first-order chi connectivity index (χ1) is 10.2. The smallest absolute Gasteiger partial charge is 0.303 e. The summed E-state index contributed by atoms with van der Waals surface area (Å²) in [6.07, 6.45) is 8.89. The molecule has 0 aromatic carbocycles. The van der Waals surface area contributed by atoms with Crippen molar-refractivity contribution in [1.82, 2.24) is 0 Å². The predicted molar refractivity (Wildman–Crippen MR) is 91.7 cm³/mol. The first-order valence-electron chi connectivity index (χ1n) is 9.06. The maximum Gasteiger partial charge on any atom is 0.303 e. The fourth-order valence-electron chi connectivity index (χ4n) is 5.66. The van der Waals surface area contributed by atoms with Gasteiger partial charge in [-0.1, -0.05) is 46.3 Å². The molecule has 1 unspecified atom stereocenters. The molecule has 0 heterocycles. The Hall–Kier alpha value is -0.790. The Morgan fingerprint density at radius 2 is 2.05 bits per heavy atom. The minimum atomic E-state index is -0.669. The second kappa shape index (κ2) is 6.37. The average molecular weight is 306 g/mol. The molecule has 0 radical (unpaired) electrons. The molecule has 0 bridgehead atoms. The Labute approximate surface area is 136 Å². The van der Waals surface area contributed by atoms with Gasteiger partial charge in [-0.25, -0.2) is 0 Å². The zero-order valence-corrected chi connectivity index (χ0v) is 15.0. The summed E-state index contributed by atoms with van der Waals surface area (Å²) < 4.78 is 0. The highest BCUT2D eigenvalue weighted by atomic mass is 16.4. The molecular formula is C20H34O2. The molecule has 2 heteroatoms. The molecule has 0 spiro atoms. The fourth-order valence-corrected chi connectivity index (χ4v) is 5.66. The van der Waals surface area contributed by atoms with Crippen LogP contribution in [0.25, 0.3) is 0 Å². The van der Waals surface area contributed by atoms with Gasteiger partial charge in [0, 0.05) is 6.42 Å². The van der Waals surface area contributed by atoms with Crippen molar-refractivity contribution < 1.29 is 9.90 Å². The molecule has 4 atom stereocenters. The molecule has 2 fully saturated rings. The van der Waals surface area contributed by atoms with Gasteiger partial charge in [0.05, 0.1) is 0 Å². The van der Waals surface area contributed by atoms with Gasteiger partial charge in [-0.15, -0.1) is 0 Å². The Bertz CT molecular complexity index is 437. The van der Waals surface area contributed by atoms with Gasteiger partial charge in [0.1, 0.15) is 0 Å². The molecule has 2 rings (SSSR count). The second-order valence-electron chi connectivity index (χ2n) is 8.93. The summed E-state index contributed by atoms with van der Waals surface area (Å²) in [5.41, 5.74) is 2.25. The van der Waals surface area contributed by atoms with E-state index in [1.807, 2.05) is 0 Å². The summed E-state index contributed by atoms with van der Waals surface area (Å²) in [5, 5.41) is 8.96. The molecule has 0 aromatic rings. The molecule has 2 aliphatic rings. The van der Waals surface area contributed by atoms with E-state index in [9.17, 15) is 4.79 Å². The monoisotopic (exact) mass is 306 g/mol. The number of rotatable bonds is 5. The summed E-state index contributed by atoms with van der Waals surface area (Å²) >= 11 is 0. The third-order valence-corrected chi connectivity index (χ3v) is 6.79. The topological polar surface area (TPSA) is 37.3 Å². The molecular weight excluding hydrogens is 272 g/mol. The van der Waals surface area contributed by atoms with Crippen molar-refractivity contribution >= 4 is 5.97 Å². The van der Waals surface area contributed by atoms with Crippen LogP contribution in [0.5, 0.6) is 0 Å². The van der Waals surface area contributed by atoms with Gasteiger partial charge >= 0.3 is 5.97 Å². The van der Waals surface area contributed by atoms with Gasteiger partial charge in [0.25, 0.3) is 0 Å². The zero-order valence-electron chi connectivity index (χ0n) is 15.0. The van der Waals surface area contributed by atoms with E-state index in [0.717, 1.165) is 18.8 Å². The number of carbonyl (C=O) groups is 1. The summed E-state index contributed by atoms with van der Waals surface area (Å²) in [4.78, 5) is 10.9. The molecule has 126 valence electrons.